The minimum absolute atomic E-state index is 0.708. The maximum Gasteiger partial charge on any atom is 0.194 e. The van der Waals surface area contributed by atoms with Gasteiger partial charge in [0.15, 0.2) is 5.96 Å². The Morgan fingerprint density at radius 1 is 1.67 bits per heavy atom. The first-order valence-corrected chi connectivity index (χ1v) is 5.62. The molecule has 4 heteroatoms. The zero-order valence-electron chi connectivity index (χ0n) is 7.42. The van der Waals surface area contributed by atoms with Crippen LogP contribution in [0.15, 0.2) is 4.99 Å². The minimum atomic E-state index is 0.708. The van der Waals surface area contributed by atoms with Gasteiger partial charge in [-0.2, -0.15) is 11.8 Å². The van der Waals surface area contributed by atoms with Gasteiger partial charge in [-0.25, -0.2) is 0 Å². The Hall–Kier alpha value is -0.380. The standard InChI is InChI=1S/C8H15N3S/c1-11(7-2-5-12-6-7)8-9-3-4-10-8/h7H,2-6H2,1H3,(H,9,10). The lowest BCUT2D eigenvalue weighted by Gasteiger charge is -2.25. The Bertz CT molecular complexity index is 187. The van der Waals surface area contributed by atoms with Gasteiger partial charge >= 0.3 is 0 Å². The molecule has 1 unspecified atom stereocenters. The van der Waals surface area contributed by atoms with E-state index in [0.717, 1.165) is 19.0 Å². The van der Waals surface area contributed by atoms with Crippen LogP contribution in [0.25, 0.3) is 0 Å². The highest BCUT2D eigenvalue weighted by Crippen LogP contribution is 2.21. The van der Waals surface area contributed by atoms with Gasteiger partial charge in [0.05, 0.1) is 6.54 Å². The van der Waals surface area contributed by atoms with Gasteiger partial charge in [0.2, 0.25) is 0 Å². The number of nitrogens with one attached hydrogen (secondary N) is 1. The summed E-state index contributed by atoms with van der Waals surface area (Å²) in [6, 6.07) is 0.708. The number of nitrogens with zero attached hydrogens (tertiary/aromatic N) is 2. The van der Waals surface area contributed by atoms with Gasteiger partial charge in [0.25, 0.3) is 0 Å². The smallest absolute Gasteiger partial charge is 0.194 e. The number of hydrogen-bond donors (Lipinski definition) is 1. The number of guanidine groups is 1. The first kappa shape index (κ1) is 8.23. The molecule has 2 aliphatic heterocycles. The van der Waals surface area contributed by atoms with E-state index in [9.17, 15) is 0 Å². The van der Waals surface area contributed by atoms with E-state index in [-0.39, 0.29) is 0 Å². The second kappa shape index (κ2) is 3.56. The van der Waals surface area contributed by atoms with E-state index in [4.69, 9.17) is 0 Å². The molecule has 3 nitrogen and oxygen atoms in total. The summed E-state index contributed by atoms with van der Waals surface area (Å²) in [6.07, 6.45) is 1.31. The second-order valence-corrected chi connectivity index (χ2v) is 4.41. The number of thioether (sulfide) groups is 1. The zero-order chi connectivity index (χ0) is 8.39. The van der Waals surface area contributed by atoms with Crippen molar-refractivity contribution in [3.63, 3.8) is 0 Å². The topological polar surface area (TPSA) is 27.6 Å². The molecule has 0 aromatic heterocycles. The van der Waals surface area contributed by atoms with Crippen molar-refractivity contribution >= 4 is 17.7 Å². The van der Waals surface area contributed by atoms with Gasteiger partial charge in [0.1, 0.15) is 0 Å². The molecule has 2 aliphatic rings. The number of hydrogen-bond acceptors (Lipinski definition) is 4. The van der Waals surface area contributed by atoms with Crippen molar-refractivity contribution in [3.8, 4) is 0 Å². The molecule has 2 rings (SSSR count). The molecule has 0 saturated carbocycles. The van der Waals surface area contributed by atoms with Crippen molar-refractivity contribution in [1.82, 2.24) is 10.2 Å². The summed E-state index contributed by atoms with van der Waals surface area (Å²) in [6.45, 7) is 1.96. The fraction of sp³-hybridized carbons (Fsp3) is 0.875. The lowest BCUT2D eigenvalue weighted by Crippen LogP contribution is -2.42. The summed E-state index contributed by atoms with van der Waals surface area (Å²) >= 11 is 2.04. The van der Waals surface area contributed by atoms with Gasteiger partial charge in [-0.3, -0.25) is 4.99 Å². The summed E-state index contributed by atoms with van der Waals surface area (Å²) < 4.78 is 0. The van der Waals surface area contributed by atoms with Crippen molar-refractivity contribution in [1.29, 1.82) is 0 Å². The quantitative estimate of drug-likeness (QED) is 0.640. The van der Waals surface area contributed by atoms with Gasteiger partial charge in [-0.1, -0.05) is 0 Å². The molecule has 68 valence electrons. The summed E-state index contributed by atoms with van der Waals surface area (Å²) in [5.41, 5.74) is 0. The average molecular weight is 185 g/mol. The Balaban J connectivity index is 1.93. The molecule has 0 aliphatic carbocycles. The molecule has 1 atom stereocenters. The SMILES string of the molecule is CN(C1=NCCN1)C1CCSC1. The van der Waals surface area contributed by atoms with Crippen LogP contribution in [0.4, 0.5) is 0 Å². The highest BCUT2D eigenvalue weighted by molar-refractivity contribution is 7.99. The monoisotopic (exact) mass is 185 g/mol. The van der Waals surface area contributed by atoms with E-state index in [2.05, 4.69) is 22.3 Å². The minimum Gasteiger partial charge on any atom is -0.354 e. The zero-order valence-corrected chi connectivity index (χ0v) is 8.23. The van der Waals surface area contributed by atoms with Gasteiger partial charge < -0.3 is 10.2 Å². The van der Waals surface area contributed by atoms with Crippen LogP contribution < -0.4 is 5.32 Å². The molecule has 12 heavy (non-hydrogen) atoms. The third-order valence-corrected chi connectivity index (χ3v) is 3.59. The summed E-state index contributed by atoms with van der Waals surface area (Å²) in [7, 11) is 2.15. The van der Waals surface area contributed by atoms with Crippen molar-refractivity contribution in [2.45, 2.75) is 12.5 Å². The largest absolute Gasteiger partial charge is 0.354 e. The van der Waals surface area contributed by atoms with Crippen LogP contribution >= 0.6 is 11.8 Å². The fourth-order valence-electron chi connectivity index (χ4n) is 1.62. The van der Waals surface area contributed by atoms with E-state index < -0.39 is 0 Å². The Morgan fingerprint density at radius 2 is 2.58 bits per heavy atom. The molecule has 2 heterocycles. The second-order valence-electron chi connectivity index (χ2n) is 3.26. The van der Waals surface area contributed by atoms with Crippen LogP contribution in [0.5, 0.6) is 0 Å². The molecule has 0 aromatic rings. The van der Waals surface area contributed by atoms with Crippen LogP contribution in [0.1, 0.15) is 6.42 Å². The van der Waals surface area contributed by atoms with E-state index >= 15 is 0 Å². The number of rotatable bonds is 1. The van der Waals surface area contributed by atoms with Gasteiger partial charge in [-0.05, 0) is 12.2 Å². The van der Waals surface area contributed by atoms with Crippen molar-refractivity contribution in [2.24, 2.45) is 4.99 Å². The molecule has 1 saturated heterocycles. The van der Waals surface area contributed by atoms with Crippen LogP contribution in [-0.2, 0) is 0 Å². The van der Waals surface area contributed by atoms with Crippen LogP contribution in [0, 0.1) is 0 Å². The third kappa shape index (κ3) is 1.53. The molecule has 0 aromatic carbocycles. The van der Waals surface area contributed by atoms with Crippen molar-refractivity contribution < 1.29 is 0 Å². The van der Waals surface area contributed by atoms with Crippen molar-refractivity contribution in [2.75, 3.05) is 31.6 Å². The Morgan fingerprint density at radius 3 is 3.17 bits per heavy atom. The molecule has 0 radical (unpaired) electrons. The predicted octanol–water partition coefficient (Wildman–Crippen LogP) is 0.383. The van der Waals surface area contributed by atoms with E-state index in [1.807, 2.05) is 11.8 Å². The third-order valence-electron chi connectivity index (χ3n) is 2.44. The van der Waals surface area contributed by atoms with E-state index in [1.54, 1.807) is 0 Å². The first-order valence-electron chi connectivity index (χ1n) is 4.47. The van der Waals surface area contributed by atoms with Crippen LogP contribution in [-0.4, -0.2) is 48.5 Å². The summed E-state index contributed by atoms with van der Waals surface area (Å²) in [4.78, 5) is 6.70. The van der Waals surface area contributed by atoms with E-state index in [0.29, 0.717) is 6.04 Å². The Labute approximate surface area is 77.6 Å². The molecule has 1 N–H and O–H groups in total. The molecule has 0 amide bonds. The Kier molecular flexibility index (Phi) is 2.44. The van der Waals surface area contributed by atoms with Crippen LogP contribution in [0.2, 0.25) is 0 Å². The first-order chi connectivity index (χ1) is 5.88. The molecular formula is C8H15N3S. The van der Waals surface area contributed by atoms with Crippen molar-refractivity contribution in [3.05, 3.63) is 0 Å². The van der Waals surface area contributed by atoms with E-state index in [1.165, 1.54) is 17.9 Å². The van der Waals surface area contributed by atoms with Gasteiger partial charge in [0, 0.05) is 25.4 Å². The molecule has 0 bridgehead atoms. The average Bonchev–Trinajstić information content (AvgIpc) is 2.77. The fourth-order valence-corrected chi connectivity index (χ4v) is 2.89. The lowest BCUT2D eigenvalue weighted by molar-refractivity contribution is 0.388. The highest BCUT2D eigenvalue weighted by atomic mass is 32.2. The maximum atomic E-state index is 4.40. The molecular weight excluding hydrogens is 170 g/mol. The number of aliphatic imine (C=N–C) groups is 1. The highest BCUT2D eigenvalue weighted by Gasteiger charge is 2.23. The lowest BCUT2D eigenvalue weighted by atomic mass is 10.2. The van der Waals surface area contributed by atoms with Crippen LogP contribution in [0.3, 0.4) is 0 Å². The molecule has 0 spiro atoms. The normalized spacial score (nSPS) is 28.4. The summed E-state index contributed by atoms with van der Waals surface area (Å²) in [5.74, 6) is 3.67. The van der Waals surface area contributed by atoms with Gasteiger partial charge in [-0.15, -0.1) is 0 Å². The molecule has 1 fully saturated rings. The predicted molar refractivity (Wildman–Crippen MR) is 53.8 cm³/mol. The maximum absolute atomic E-state index is 4.40. The summed E-state index contributed by atoms with van der Waals surface area (Å²) in [5, 5.41) is 3.30.